The predicted octanol–water partition coefficient (Wildman–Crippen LogP) is 0.189. The van der Waals surface area contributed by atoms with Gasteiger partial charge in [0.2, 0.25) is 20.0 Å². The fraction of sp³-hybridized carbons (Fsp3) is 0.455. The lowest BCUT2D eigenvalue weighted by molar-refractivity contribution is 0.590. The molecule has 1 fully saturated rings. The second kappa shape index (κ2) is 3.94. The number of rotatable bonds is 3. The third-order valence-corrected chi connectivity index (χ3v) is 6.70. The summed E-state index contributed by atoms with van der Waals surface area (Å²) < 4.78 is 48.4. The van der Waals surface area contributed by atoms with Crippen molar-refractivity contribution in [3.8, 4) is 0 Å². The number of fused-ring (bicyclic) bond motifs is 1. The lowest BCUT2D eigenvalue weighted by Crippen LogP contribution is -2.32. The number of sulfonamides is 2. The maximum Gasteiger partial charge on any atom is 0.238 e. The van der Waals surface area contributed by atoms with Crippen LogP contribution in [0.1, 0.15) is 18.4 Å². The van der Waals surface area contributed by atoms with Gasteiger partial charge in [-0.2, -0.15) is 0 Å². The zero-order valence-electron chi connectivity index (χ0n) is 10.1. The number of hydrogen-bond donors (Lipinski definition) is 1. The molecule has 19 heavy (non-hydrogen) atoms. The molecule has 3 rings (SSSR count). The highest BCUT2D eigenvalue weighted by Gasteiger charge is 2.42. The number of nitrogens with zero attached hydrogens (tertiary/aromatic N) is 1. The van der Waals surface area contributed by atoms with Crippen LogP contribution in [0.4, 0.5) is 5.69 Å². The molecule has 1 aliphatic heterocycles. The van der Waals surface area contributed by atoms with E-state index in [1.165, 1.54) is 22.5 Å². The van der Waals surface area contributed by atoms with Gasteiger partial charge in [-0.25, -0.2) is 22.0 Å². The molecule has 0 radical (unpaired) electrons. The van der Waals surface area contributed by atoms with Crippen molar-refractivity contribution in [2.75, 3.05) is 10.8 Å². The monoisotopic (exact) mass is 302 g/mol. The molecule has 1 aliphatic carbocycles. The van der Waals surface area contributed by atoms with E-state index in [4.69, 9.17) is 5.14 Å². The van der Waals surface area contributed by atoms with Crippen molar-refractivity contribution in [3.05, 3.63) is 23.8 Å². The lowest BCUT2D eigenvalue weighted by atomic mass is 10.2. The summed E-state index contributed by atoms with van der Waals surface area (Å²) in [5, 5.41) is 4.80. The minimum Gasteiger partial charge on any atom is -0.269 e. The summed E-state index contributed by atoms with van der Waals surface area (Å²) in [6.07, 6.45) is 1.94. The van der Waals surface area contributed by atoms with E-state index in [-0.39, 0.29) is 10.1 Å². The molecule has 8 heteroatoms. The topological polar surface area (TPSA) is 97.5 Å². The van der Waals surface area contributed by atoms with Crippen LogP contribution in [-0.2, 0) is 26.5 Å². The number of anilines is 1. The molecule has 0 unspecified atom stereocenters. The van der Waals surface area contributed by atoms with Gasteiger partial charge in [0.15, 0.2) is 0 Å². The van der Waals surface area contributed by atoms with Crippen molar-refractivity contribution in [3.63, 3.8) is 0 Å². The number of hydrogen-bond acceptors (Lipinski definition) is 4. The van der Waals surface area contributed by atoms with E-state index >= 15 is 0 Å². The number of primary sulfonamides is 1. The molecule has 1 heterocycles. The van der Waals surface area contributed by atoms with Gasteiger partial charge in [-0.15, -0.1) is 0 Å². The summed E-state index contributed by atoms with van der Waals surface area (Å²) in [4.78, 5) is 0.0249. The van der Waals surface area contributed by atoms with Gasteiger partial charge in [-0.05, 0) is 43.0 Å². The Balaban J connectivity index is 2.03. The Kier molecular flexibility index (Phi) is 2.67. The number of nitrogens with two attached hydrogens (primary N) is 1. The van der Waals surface area contributed by atoms with Gasteiger partial charge in [0.1, 0.15) is 0 Å². The van der Waals surface area contributed by atoms with E-state index < -0.39 is 20.0 Å². The van der Waals surface area contributed by atoms with Crippen LogP contribution in [0.3, 0.4) is 0 Å². The Hall–Kier alpha value is -1.12. The second-order valence-corrected chi connectivity index (χ2v) is 8.60. The third kappa shape index (κ3) is 2.13. The predicted molar refractivity (Wildman–Crippen MR) is 70.8 cm³/mol. The average molecular weight is 302 g/mol. The van der Waals surface area contributed by atoms with Crippen LogP contribution < -0.4 is 9.44 Å². The quantitative estimate of drug-likeness (QED) is 0.861. The second-order valence-electron chi connectivity index (χ2n) is 4.90. The highest BCUT2D eigenvalue weighted by Crippen LogP contribution is 2.38. The van der Waals surface area contributed by atoms with Gasteiger partial charge in [0.25, 0.3) is 0 Å². The normalized spacial score (nSPS) is 19.5. The van der Waals surface area contributed by atoms with E-state index in [0.717, 1.165) is 5.56 Å². The van der Waals surface area contributed by atoms with E-state index in [9.17, 15) is 16.8 Å². The first-order valence-corrected chi connectivity index (χ1v) is 9.02. The van der Waals surface area contributed by atoms with E-state index in [1.54, 1.807) is 0 Å². The highest BCUT2D eigenvalue weighted by atomic mass is 32.2. The molecular weight excluding hydrogens is 288 g/mol. The Morgan fingerprint density at radius 2 is 1.84 bits per heavy atom. The molecule has 0 aromatic heterocycles. The van der Waals surface area contributed by atoms with Crippen molar-refractivity contribution in [1.82, 2.24) is 0 Å². The Bertz CT molecular complexity index is 736. The third-order valence-electron chi connectivity index (χ3n) is 3.49. The van der Waals surface area contributed by atoms with Gasteiger partial charge in [-0.3, -0.25) is 4.31 Å². The summed E-state index contributed by atoms with van der Waals surface area (Å²) in [7, 11) is -7.02. The Labute approximate surface area is 112 Å². The van der Waals surface area contributed by atoms with Gasteiger partial charge < -0.3 is 0 Å². The number of benzene rings is 1. The van der Waals surface area contributed by atoms with Gasteiger partial charge in [0.05, 0.1) is 15.8 Å². The first-order chi connectivity index (χ1) is 8.80. The van der Waals surface area contributed by atoms with E-state index in [0.29, 0.717) is 31.5 Å². The van der Waals surface area contributed by atoms with Crippen LogP contribution in [0.25, 0.3) is 0 Å². The average Bonchev–Trinajstić information content (AvgIpc) is 3.07. The van der Waals surface area contributed by atoms with Gasteiger partial charge in [-0.1, -0.05) is 0 Å². The molecule has 0 atom stereocenters. The molecule has 1 aromatic rings. The summed E-state index contributed by atoms with van der Waals surface area (Å²) in [6.45, 7) is 0.377. The van der Waals surface area contributed by atoms with Crippen molar-refractivity contribution in [2.24, 2.45) is 5.14 Å². The zero-order chi connectivity index (χ0) is 13.8. The largest absolute Gasteiger partial charge is 0.269 e. The fourth-order valence-electron chi connectivity index (χ4n) is 2.34. The van der Waals surface area contributed by atoms with Crippen molar-refractivity contribution < 1.29 is 16.8 Å². The van der Waals surface area contributed by atoms with E-state index in [1.807, 2.05) is 0 Å². The Morgan fingerprint density at radius 3 is 2.42 bits per heavy atom. The molecule has 6 nitrogen and oxygen atoms in total. The van der Waals surface area contributed by atoms with Crippen LogP contribution in [0.5, 0.6) is 0 Å². The first-order valence-electron chi connectivity index (χ1n) is 5.97. The van der Waals surface area contributed by atoms with E-state index in [2.05, 4.69) is 0 Å². The van der Waals surface area contributed by atoms with Crippen molar-refractivity contribution in [1.29, 1.82) is 0 Å². The zero-order valence-corrected chi connectivity index (χ0v) is 11.7. The molecule has 0 spiro atoms. The summed E-state index contributed by atoms with van der Waals surface area (Å²) in [5.74, 6) is 0. The molecule has 0 bridgehead atoms. The molecule has 1 saturated carbocycles. The molecule has 104 valence electrons. The molecule has 2 aliphatic rings. The van der Waals surface area contributed by atoms with Crippen molar-refractivity contribution in [2.45, 2.75) is 29.4 Å². The SMILES string of the molecule is NS(=O)(=O)c1ccc2c(c1)CCN2S(=O)(=O)C1CC1. The summed E-state index contributed by atoms with van der Waals surface area (Å²) in [6, 6.07) is 4.35. The van der Waals surface area contributed by atoms with Gasteiger partial charge >= 0.3 is 0 Å². The van der Waals surface area contributed by atoms with Crippen molar-refractivity contribution >= 4 is 25.7 Å². The van der Waals surface area contributed by atoms with Crippen LogP contribution in [0.2, 0.25) is 0 Å². The first kappa shape index (κ1) is 12.9. The minimum atomic E-state index is -3.75. The molecule has 0 saturated heterocycles. The minimum absolute atomic E-state index is 0.0249. The van der Waals surface area contributed by atoms with Crippen LogP contribution in [0, 0.1) is 0 Å². The highest BCUT2D eigenvalue weighted by molar-refractivity contribution is 7.93. The maximum atomic E-state index is 12.2. The Morgan fingerprint density at radius 1 is 1.16 bits per heavy atom. The summed E-state index contributed by atoms with van der Waals surface area (Å²) in [5.41, 5.74) is 1.30. The van der Waals surface area contributed by atoms with Crippen LogP contribution in [-0.4, -0.2) is 28.6 Å². The lowest BCUT2D eigenvalue weighted by Gasteiger charge is -2.19. The van der Waals surface area contributed by atoms with Crippen LogP contribution >= 0.6 is 0 Å². The molecule has 2 N–H and O–H groups in total. The molecule has 1 aromatic carbocycles. The smallest absolute Gasteiger partial charge is 0.238 e. The molecular formula is C11H14N2O4S2. The fourth-order valence-corrected chi connectivity index (χ4v) is 4.79. The standard InChI is InChI=1S/C11H14N2O4S2/c12-18(14,15)10-3-4-11-8(7-10)5-6-13(11)19(16,17)9-1-2-9/h3-4,7,9H,1-2,5-6H2,(H2,12,14,15). The van der Waals surface area contributed by atoms with Gasteiger partial charge in [0, 0.05) is 6.54 Å². The maximum absolute atomic E-state index is 12.2. The molecule has 0 amide bonds. The summed E-state index contributed by atoms with van der Waals surface area (Å²) >= 11 is 0. The van der Waals surface area contributed by atoms with Crippen LogP contribution in [0.15, 0.2) is 23.1 Å².